The normalized spacial score (nSPS) is 10.6. The molecule has 1 amide bonds. The van der Waals surface area contributed by atoms with Crippen molar-refractivity contribution >= 4 is 23.2 Å². The van der Waals surface area contributed by atoms with Crippen molar-refractivity contribution in [2.75, 3.05) is 13.2 Å². The minimum atomic E-state index is -2.96. The van der Waals surface area contributed by atoms with Crippen LogP contribution in [-0.4, -0.2) is 30.7 Å². The summed E-state index contributed by atoms with van der Waals surface area (Å²) in [5.74, 6) is -1.13. The number of alkyl halides is 2. The molecule has 0 radical (unpaired) electrons. The first-order chi connectivity index (χ1) is 9.32. The van der Waals surface area contributed by atoms with Gasteiger partial charge in [0.25, 0.3) is 5.69 Å². The minimum absolute atomic E-state index is 0.189. The number of primary amides is 1. The maximum atomic E-state index is 11.7. The van der Waals surface area contributed by atoms with Gasteiger partial charge in [0.05, 0.1) is 11.5 Å². The predicted octanol–water partition coefficient (Wildman–Crippen LogP) is 1.97. The van der Waals surface area contributed by atoms with Crippen LogP contribution in [0.15, 0.2) is 12.1 Å². The molecule has 20 heavy (non-hydrogen) atoms. The molecule has 1 rings (SSSR count). The Hall–Kier alpha value is -2.00. The quantitative estimate of drug-likeness (QED) is 0.471. The second kappa shape index (κ2) is 6.96. The zero-order valence-electron chi connectivity index (χ0n) is 9.85. The topological polar surface area (TPSA) is 105 Å². The predicted molar refractivity (Wildman–Crippen MR) is 64.1 cm³/mol. The maximum absolute atomic E-state index is 11.7. The third-order valence-corrected chi connectivity index (χ3v) is 2.47. The summed E-state index contributed by atoms with van der Waals surface area (Å²) in [7, 11) is 0. The number of carbonyl (C=O) groups is 1. The molecule has 0 aliphatic rings. The van der Waals surface area contributed by atoms with E-state index in [9.17, 15) is 23.7 Å². The van der Waals surface area contributed by atoms with E-state index in [4.69, 9.17) is 22.1 Å². The molecule has 0 saturated heterocycles. The number of nitrogens with two attached hydrogens (primary N) is 1. The van der Waals surface area contributed by atoms with E-state index in [0.29, 0.717) is 0 Å². The van der Waals surface area contributed by atoms with Crippen molar-refractivity contribution in [3.8, 4) is 5.75 Å². The fourth-order valence-electron chi connectivity index (χ4n) is 1.25. The molecule has 0 atom stereocenters. The number of hydrogen-bond donors (Lipinski definition) is 1. The van der Waals surface area contributed by atoms with Crippen LogP contribution in [0.3, 0.4) is 0 Å². The van der Waals surface area contributed by atoms with Gasteiger partial charge in [0.15, 0.2) is 5.02 Å². The summed E-state index contributed by atoms with van der Waals surface area (Å²) in [6, 6.07) is 1.98. The minimum Gasteiger partial charge on any atom is -0.489 e. The number of hydrogen-bond acceptors (Lipinski definition) is 5. The van der Waals surface area contributed by atoms with E-state index in [1.54, 1.807) is 0 Å². The molecule has 0 aromatic heterocycles. The van der Waals surface area contributed by atoms with Gasteiger partial charge in [-0.1, -0.05) is 11.6 Å². The summed E-state index contributed by atoms with van der Waals surface area (Å²) in [5.41, 5.74) is 4.25. The monoisotopic (exact) mass is 310 g/mol. The highest BCUT2D eigenvalue weighted by molar-refractivity contribution is 6.34. The van der Waals surface area contributed by atoms with Crippen LogP contribution in [0, 0.1) is 10.1 Å². The highest BCUT2D eigenvalue weighted by Crippen LogP contribution is 2.35. The summed E-state index contributed by atoms with van der Waals surface area (Å²) in [6.07, 6.45) is 0. The molecule has 0 heterocycles. The lowest BCUT2D eigenvalue weighted by atomic mass is 10.2. The van der Waals surface area contributed by atoms with Crippen molar-refractivity contribution < 1.29 is 28.0 Å². The van der Waals surface area contributed by atoms with Crippen molar-refractivity contribution in [2.24, 2.45) is 5.73 Å². The SMILES string of the molecule is NC(=O)c1cc(OCCOC(F)F)c(Cl)c([N+](=O)[O-])c1. The van der Waals surface area contributed by atoms with Gasteiger partial charge in [-0.05, 0) is 6.07 Å². The fourth-order valence-corrected chi connectivity index (χ4v) is 1.48. The largest absolute Gasteiger partial charge is 0.489 e. The van der Waals surface area contributed by atoms with Crippen LogP contribution >= 0.6 is 11.6 Å². The number of nitro benzene ring substituents is 1. The second-order valence-corrected chi connectivity index (χ2v) is 3.79. The van der Waals surface area contributed by atoms with E-state index in [1.165, 1.54) is 0 Å². The second-order valence-electron chi connectivity index (χ2n) is 3.41. The van der Waals surface area contributed by atoms with Gasteiger partial charge in [0, 0.05) is 11.6 Å². The van der Waals surface area contributed by atoms with Crippen molar-refractivity contribution in [2.45, 2.75) is 6.61 Å². The zero-order chi connectivity index (χ0) is 15.3. The third-order valence-electron chi connectivity index (χ3n) is 2.09. The lowest BCUT2D eigenvalue weighted by Gasteiger charge is -2.09. The van der Waals surface area contributed by atoms with Gasteiger partial charge in [-0.15, -0.1) is 0 Å². The van der Waals surface area contributed by atoms with E-state index in [1.807, 2.05) is 0 Å². The Labute approximate surface area is 116 Å². The molecule has 0 saturated carbocycles. The van der Waals surface area contributed by atoms with Crippen LogP contribution in [0.2, 0.25) is 5.02 Å². The van der Waals surface area contributed by atoms with Gasteiger partial charge in [-0.25, -0.2) is 0 Å². The Morgan fingerprint density at radius 1 is 1.45 bits per heavy atom. The van der Waals surface area contributed by atoms with Gasteiger partial charge < -0.3 is 15.2 Å². The number of rotatable bonds is 7. The highest BCUT2D eigenvalue weighted by atomic mass is 35.5. The summed E-state index contributed by atoms with van der Waals surface area (Å²) in [4.78, 5) is 21.0. The molecule has 0 fully saturated rings. The first-order valence-electron chi connectivity index (χ1n) is 5.13. The molecule has 7 nitrogen and oxygen atoms in total. The van der Waals surface area contributed by atoms with Gasteiger partial charge >= 0.3 is 6.61 Å². The van der Waals surface area contributed by atoms with Gasteiger partial charge in [-0.3, -0.25) is 14.9 Å². The molecule has 0 unspecified atom stereocenters. The van der Waals surface area contributed by atoms with Crippen LogP contribution in [-0.2, 0) is 4.74 Å². The molecular formula is C10H9ClF2N2O5. The molecule has 0 aliphatic carbocycles. The smallest absolute Gasteiger partial charge is 0.345 e. The summed E-state index contributed by atoms with van der Waals surface area (Å²) >= 11 is 5.71. The Morgan fingerprint density at radius 2 is 2.10 bits per heavy atom. The van der Waals surface area contributed by atoms with Gasteiger partial charge in [0.1, 0.15) is 12.4 Å². The Balaban J connectivity index is 2.93. The van der Waals surface area contributed by atoms with Crippen molar-refractivity contribution in [3.63, 3.8) is 0 Å². The van der Waals surface area contributed by atoms with Crippen LogP contribution in [0.4, 0.5) is 14.5 Å². The number of amides is 1. The van der Waals surface area contributed by atoms with E-state index in [2.05, 4.69) is 4.74 Å². The first-order valence-corrected chi connectivity index (χ1v) is 5.51. The molecule has 0 bridgehead atoms. The van der Waals surface area contributed by atoms with Crippen molar-refractivity contribution in [1.29, 1.82) is 0 Å². The number of carbonyl (C=O) groups excluding carboxylic acids is 1. The number of nitro groups is 1. The number of halogens is 3. The Morgan fingerprint density at radius 3 is 2.60 bits per heavy atom. The number of ether oxygens (including phenoxy) is 2. The third kappa shape index (κ3) is 4.28. The molecule has 1 aromatic carbocycles. The van der Waals surface area contributed by atoms with Crippen LogP contribution in [0.1, 0.15) is 10.4 Å². The van der Waals surface area contributed by atoms with Crippen LogP contribution in [0.5, 0.6) is 5.75 Å². The maximum Gasteiger partial charge on any atom is 0.345 e. The molecule has 0 spiro atoms. The van der Waals surface area contributed by atoms with Crippen molar-refractivity contribution in [1.82, 2.24) is 0 Å². The summed E-state index contributed by atoms with van der Waals surface area (Å²) in [5, 5.41) is 10.4. The molecule has 10 heteroatoms. The number of nitrogens with zero attached hydrogens (tertiary/aromatic N) is 1. The zero-order valence-corrected chi connectivity index (χ0v) is 10.6. The van der Waals surface area contributed by atoms with E-state index in [0.717, 1.165) is 12.1 Å². The number of benzene rings is 1. The summed E-state index contributed by atoms with van der Waals surface area (Å²) < 4.78 is 32.3. The molecule has 110 valence electrons. The average molecular weight is 311 g/mol. The van der Waals surface area contributed by atoms with Crippen molar-refractivity contribution in [3.05, 3.63) is 32.8 Å². The molecule has 1 aromatic rings. The highest BCUT2D eigenvalue weighted by Gasteiger charge is 2.21. The van der Waals surface area contributed by atoms with Gasteiger partial charge in [0.2, 0.25) is 5.91 Å². The molecule has 2 N–H and O–H groups in total. The summed E-state index contributed by atoms with van der Waals surface area (Å²) in [6.45, 7) is -3.74. The first kappa shape index (κ1) is 16.1. The van der Waals surface area contributed by atoms with E-state index < -0.39 is 29.7 Å². The Kier molecular flexibility index (Phi) is 5.59. The average Bonchev–Trinajstić information content (AvgIpc) is 2.35. The lowest BCUT2D eigenvalue weighted by Crippen LogP contribution is -2.13. The van der Waals surface area contributed by atoms with Crippen LogP contribution < -0.4 is 10.5 Å². The van der Waals surface area contributed by atoms with Crippen LogP contribution in [0.25, 0.3) is 0 Å². The van der Waals surface area contributed by atoms with E-state index >= 15 is 0 Å². The lowest BCUT2D eigenvalue weighted by molar-refractivity contribution is -0.384. The molecule has 0 aliphatic heterocycles. The van der Waals surface area contributed by atoms with E-state index in [-0.39, 0.29) is 22.9 Å². The Bertz CT molecular complexity index is 527. The fraction of sp³-hybridized carbons (Fsp3) is 0.300. The molecular weight excluding hydrogens is 302 g/mol. The van der Waals surface area contributed by atoms with Gasteiger partial charge in [-0.2, -0.15) is 8.78 Å². The standard InChI is InChI=1S/C10H9ClF2N2O5/c11-8-6(15(17)18)3-5(9(14)16)4-7(8)19-1-2-20-10(12)13/h3-4,10H,1-2H2,(H2,14,16).